The maximum Gasteiger partial charge on any atom is 0.220 e. The van der Waals surface area contributed by atoms with E-state index >= 15 is 0 Å². The van der Waals surface area contributed by atoms with Crippen molar-refractivity contribution in [2.45, 2.75) is 0 Å². The largest absolute Gasteiger partial charge is 0.437 e. The van der Waals surface area contributed by atoms with Crippen LogP contribution in [0.1, 0.15) is 5.56 Å². The maximum absolute atomic E-state index is 13.0. The fourth-order valence-corrected chi connectivity index (χ4v) is 1.24. The average Bonchev–Trinajstić information content (AvgIpc) is 2.34. The Balaban J connectivity index is 2.31. The van der Waals surface area contributed by atoms with Gasteiger partial charge in [-0.05, 0) is 18.2 Å². The first-order valence-electron chi connectivity index (χ1n) is 4.78. The van der Waals surface area contributed by atoms with Gasteiger partial charge in [-0.1, -0.05) is 0 Å². The lowest BCUT2D eigenvalue weighted by molar-refractivity contribution is 0.460. The van der Waals surface area contributed by atoms with E-state index in [0.717, 1.165) is 6.07 Å². The van der Waals surface area contributed by atoms with Gasteiger partial charge in [0.25, 0.3) is 0 Å². The zero-order chi connectivity index (χ0) is 12.3. The normalized spacial score (nSPS) is 9.65. The van der Waals surface area contributed by atoms with E-state index in [2.05, 4.69) is 4.98 Å². The molecule has 0 aliphatic carbocycles. The second-order valence-electron chi connectivity index (χ2n) is 3.28. The quantitative estimate of drug-likeness (QED) is 0.803. The van der Waals surface area contributed by atoms with Gasteiger partial charge in [0.15, 0.2) is 5.75 Å². The zero-order valence-corrected chi connectivity index (χ0v) is 8.72. The molecule has 2 aromatic rings. The third kappa shape index (κ3) is 2.49. The number of anilines is 1. The summed E-state index contributed by atoms with van der Waals surface area (Å²) < 4.78 is 18.3. The van der Waals surface area contributed by atoms with Crippen LogP contribution in [0.15, 0.2) is 36.5 Å². The molecule has 0 aliphatic heterocycles. The van der Waals surface area contributed by atoms with Crippen LogP contribution in [0.4, 0.5) is 10.1 Å². The number of pyridine rings is 1. The van der Waals surface area contributed by atoms with Crippen molar-refractivity contribution < 1.29 is 9.13 Å². The van der Waals surface area contributed by atoms with Crippen LogP contribution < -0.4 is 10.5 Å². The number of ether oxygens (including phenoxy) is 1. The van der Waals surface area contributed by atoms with Gasteiger partial charge in [0.1, 0.15) is 5.82 Å². The van der Waals surface area contributed by atoms with Crippen molar-refractivity contribution in [1.29, 1.82) is 5.26 Å². The Morgan fingerprint density at radius 3 is 2.88 bits per heavy atom. The molecule has 2 N–H and O–H groups in total. The van der Waals surface area contributed by atoms with Gasteiger partial charge in [-0.15, -0.1) is 0 Å². The van der Waals surface area contributed by atoms with Gasteiger partial charge >= 0.3 is 0 Å². The molecule has 84 valence electrons. The number of aromatic nitrogens is 1. The lowest BCUT2D eigenvalue weighted by Gasteiger charge is -2.07. The van der Waals surface area contributed by atoms with Crippen LogP contribution in [-0.4, -0.2) is 4.98 Å². The van der Waals surface area contributed by atoms with Crippen molar-refractivity contribution >= 4 is 5.69 Å². The topological polar surface area (TPSA) is 71.9 Å². The van der Waals surface area contributed by atoms with Crippen LogP contribution in [0, 0.1) is 17.1 Å². The second-order valence-corrected chi connectivity index (χ2v) is 3.28. The van der Waals surface area contributed by atoms with Gasteiger partial charge in [0, 0.05) is 18.3 Å². The Bertz CT molecular complexity index is 593. The predicted octanol–water partition coefficient (Wildman–Crippen LogP) is 2.47. The zero-order valence-electron chi connectivity index (χ0n) is 8.72. The first-order chi connectivity index (χ1) is 8.19. The van der Waals surface area contributed by atoms with Gasteiger partial charge in [0.05, 0.1) is 17.3 Å². The molecule has 0 aliphatic rings. The molecule has 5 heteroatoms. The molecule has 1 aromatic carbocycles. The molecule has 0 spiro atoms. The highest BCUT2D eigenvalue weighted by Crippen LogP contribution is 2.27. The molecule has 0 amide bonds. The number of hydrogen-bond donors (Lipinski definition) is 1. The summed E-state index contributed by atoms with van der Waals surface area (Å²) in [5, 5.41) is 8.71. The van der Waals surface area contributed by atoms with Gasteiger partial charge in [-0.3, -0.25) is 0 Å². The molecule has 0 saturated carbocycles. The summed E-state index contributed by atoms with van der Waals surface area (Å²) in [5.74, 6) is -0.0837. The smallest absolute Gasteiger partial charge is 0.220 e. The third-order valence-electron chi connectivity index (χ3n) is 2.05. The number of rotatable bonds is 2. The summed E-state index contributed by atoms with van der Waals surface area (Å²) in [4.78, 5) is 3.90. The van der Waals surface area contributed by atoms with E-state index in [4.69, 9.17) is 15.7 Å². The van der Waals surface area contributed by atoms with Crippen molar-refractivity contribution in [3.05, 3.63) is 47.9 Å². The SMILES string of the molecule is N#Cc1ccnc(Oc2cc(F)ccc2N)c1. The van der Waals surface area contributed by atoms with Crippen molar-refractivity contribution in [2.24, 2.45) is 0 Å². The summed E-state index contributed by atoms with van der Waals surface area (Å²) in [7, 11) is 0. The van der Waals surface area contributed by atoms with Crippen LogP contribution >= 0.6 is 0 Å². The molecular weight excluding hydrogens is 221 g/mol. The van der Waals surface area contributed by atoms with E-state index in [0.29, 0.717) is 11.3 Å². The van der Waals surface area contributed by atoms with Gasteiger partial charge in [-0.2, -0.15) is 5.26 Å². The summed E-state index contributed by atoms with van der Waals surface area (Å²) >= 11 is 0. The van der Waals surface area contributed by atoms with Crippen molar-refractivity contribution in [2.75, 3.05) is 5.73 Å². The van der Waals surface area contributed by atoms with Crippen LogP contribution in [0.5, 0.6) is 11.6 Å². The van der Waals surface area contributed by atoms with Crippen molar-refractivity contribution in [3.8, 4) is 17.7 Å². The average molecular weight is 229 g/mol. The number of nitrogens with two attached hydrogens (primary N) is 1. The number of nitrogens with zero attached hydrogens (tertiary/aromatic N) is 2. The monoisotopic (exact) mass is 229 g/mol. The molecule has 0 atom stereocenters. The first-order valence-corrected chi connectivity index (χ1v) is 4.78. The molecule has 1 heterocycles. The van der Waals surface area contributed by atoms with E-state index in [1.54, 1.807) is 6.07 Å². The summed E-state index contributed by atoms with van der Waals surface area (Å²) in [5.41, 5.74) is 6.33. The highest BCUT2D eigenvalue weighted by molar-refractivity contribution is 5.53. The number of benzene rings is 1. The molecular formula is C12H8FN3O. The minimum Gasteiger partial charge on any atom is -0.437 e. The molecule has 17 heavy (non-hydrogen) atoms. The van der Waals surface area contributed by atoms with E-state index in [9.17, 15) is 4.39 Å². The fraction of sp³-hybridized carbons (Fsp3) is 0. The highest BCUT2D eigenvalue weighted by atomic mass is 19.1. The van der Waals surface area contributed by atoms with Crippen molar-refractivity contribution in [3.63, 3.8) is 0 Å². The van der Waals surface area contributed by atoms with Gasteiger partial charge in [0.2, 0.25) is 5.88 Å². The molecule has 0 fully saturated rings. The minimum absolute atomic E-state index is 0.174. The van der Waals surface area contributed by atoms with Crippen LogP contribution in [0.25, 0.3) is 0 Å². The Hall–Kier alpha value is -2.61. The number of nitriles is 1. The fourth-order valence-electron chi connectivity index (χ4n) is 1.24. The van der Waals surface area contributed by atoms with Crippen LogP contribution in [-0.2, 0) is 0 Å². The Labute approximate surface area is 97.1 Å². The van der Waals surface area contributed by atoms with E-state index < -0.39 is 5.82 Å². The molecule has 0 unspecified atom stereocenters. The minimum atomic E-state index is -0.453. The molecule has 0 saturated heterocycles. The van der Waals surface area contributed by atoms with Gasteiger partial charge in [-0.25, -0.2) is 9.37 Å². The summed E-state index contributed by atoms with van der Waals surface area (Å²) in [6, 6.07) is 8.75. The molecule has 4 nitrogen and oxygen atoms in total. The Morgan fingerprint density at radius 1 is 1.29 bits per heavy atom. The number of hydrogen-bond acceptors (Lipinski definition) is 4. The third-order valence-corrected chi connectivity index (χ3v) is 2.05. The predicted molar refractivity (Wildman–Crippen MR) is 59.8 cm³/mol. The van der Waals surface area contributed by atoms with Gasteiger partial charge < -0.3 is 10.5 Å². The Morgan fingerprint density at radius 2 is 2.12 bits per heavy atom. The molecule has 0 bridgehead atoms. The maximum atomic E-state index is 13.0. The van der Waals surface area contributed by atoms with Crippen molar-refractivity contribution in [1.82, 2.24) is 4.98 Å². The van der Waals surface area contributed by atoms with E-state index in [1.165, 1.54) is 24.4 Å². The highest BCUT2D eigenvalue weighted by Gasteiger charge is 2.05. The van der Waals surface area contributed by atoms with Crippen LogP contribution in [0.2, 0.25) is 0 Å². The molecule has 0 radical (unpaired) electrons. The first kappa shape index (κ1) is 10.9. The second kappa shape index (κ2) is 4.49. The van der Waals surface area contributed by atoms with E-state index in [-0.39, 0.29) is 11.6 Å². The number of nitrogen functional groups attached to an aromatic ring is 1. The standard InChI is InChI=1S/C12H8FN3O/c13-9-1-2-10(15)11(6-9)17-12-5-8(7-14)3-4-16-12/h1-6H,15H2. The Kier molecular flexibility index (Phi) is 2.88. The molecule has 1 aromatic heterocycles. The van der Waals surface area contributed by atoms with Crippen LogP contribution in [0.3, 0.4) is 0 Å². The summed E-state index contributed by atoms with van der Waals surface area (Å²) in [6.07, 6.45) is 1.43. The lowest BCUT2D eigenvalue weighted by Crippen LogP contribution is -1.94. The number of halogens is 1. The molecule has 2 rings (SSSR count). The lowest BCUT2D eigenvalue weighted by atomic mass is 10.3. The summed E-state index contributed by atoms with van der Waals surface area (Å²) in [6.45, 7) is 0. The van der Waals surface area contributed by atoms with E-state index in [1.807, 2.05) is 6.07 Å².